The number of carbonyl (C=O) groups excluding carboxylic acids is 7. The van der Waals surface area contributed by atoms with E-state index in [1.54, 1.807) is 0 Å². The van der Waals surface area contributed by atoms with Gasteiger partial charge in [-0.1, -0.05) is 0 Å². The topological polar surface area (TPSA) is 505 Å². The van der Waals surface area contributed by atoms with Crippen molar-refractivity contribution in [2.75, 3.05) is 19.6 Å². The highest BCUT2D eigenvalue weighted by molar-refractivity contribution is 5.97. The van der Waals surface area contributed by atoms with Gasteiger partial charge in [0.25, 0.3) is 0 Å². The number of amides is 7. The summed E-state index contributed by atoms with van der Waals surface area (Å²) in [4.78, 5) is 127. The molecule has 0 aromatic heterocycles. The number of aliphatic carboxylic acids is 3. The Morgan fingerprint density at radius 2 is 0.734 bits per heavy atom. The van der Waals surface area contributed by atoms with Gasteiger partial charge in [-0.15, -0.1) is 0 Å². The number of unbranched alkanes of at least 4 members (excludes halogenated alkanes) is 1. The average Bonchev–Trinajstić information content (AvgIpc) is 3.20. The highest BCUT2D eigenvalue weighted by atomic mass is 16.4. The summed E-state index contributed by atoms with van der Waals surface area (Å²) in [5, 5.41) is 62.0. The van der Waals surface area contributed by atoms with E-state index in [1.165, 1.54) is 6.92 Å². The molecule has 0 aliphatic rings. The molecular weight excluding hydrogens is 850 g/mol. The van der Waals surface area contributed by atoms with Crippen LogP contribution < -0.4 is 71.2 Å². The molecule has 0 radical (unpaired) electrons. The summed E-state index contributed by atoms with van der Waals surface area (Å²) in [6, 6.07) is -10.1. The van der Waals surface area contributed by atoms with E-state index in [2.05, 4.69) is 42.5 Å². The quantitative estimate of drug-likeness (QED) is 0.0162. The monoisotopic (exact) mass is 915 g/mol. The van der Waals surface area contributed by atoms with Crippen LogP contribution in [-0.2, 0) is 47.9 Å². The van der Waals surface area contributed by atoms with Crippen molar-refractivity contribution in [3.63, 3.8) is 0 Å². The van der Waals surface area contributed by atoms with Crippen LogP contribution in [0.2, 0.25) is 0 Å². The minimum atomic E-state index is -1.73. The van der Waals surface area contributed by atoms with Crippen LogP contribution in [0.4, 0.5) is 0 Å². The van der Waals surface area contributed by atoms with Crippen LogP contribution in [0.3, 0.4) is 0 Å². The molecule has 0 heterocycles. The Hall–Kier alpha value is -6.84. The lowest BCUT2D eigenvalue weighted by Gasteiger charge is -2.27. The van der Waals surface area contributed by atoms with Crippen LogP contribution in [0.5, 0.6) is 0 Å². The fourth-order valence-corrected chi connectivity index (χ4v) is 5.65. The Morgan fingerprint density at radius 3 is 1.02 bits per heavy atom. The van der Waals surface area contributed by atoms with Crippen molar-refractivity contribution in [2.24, 2.45) is 28.7 Å². The number of nitrogens with two attached hydrogens (primary N) is 5. The maximum atomic E-state index is 14.0. The minimum Gasteiger partial charge on any atom is -0.481 e. The van der Waals surface area contributed by atoms with Gasteiger partial charge in [0.15, 0.2) is 11.9 Å². The molecule has 362 valence electrons. The molecule has 0 spiro atoms. The first-order valence-corrected chi connectivity index (χ1v) is 20.4. The maximum absolute atomic E-state index is 14.0. The van der Waals surface area contributed by atoms with Crippen molar-refractivity contribution in [1.82, 2.24) is 42.5 Å². The van der Waals surface area contributed by atoms with Gasteiger partial charge in [-0.3, -0.25) is 58.8 Å². The predicted molar refractivity (Wildman–Crippen MR) is 226 cm³/mol. The standard InChI is InChI=1S/C36H65N15O13/c1-18(38)29(59)47-21(7-4-16-44-35(40)41)31(61)49-22(8-5-17-45-36(42)43)32(62)48-20(6-2-3-15-37)30(60)50-24(11-14-27(56)57)34(64)51-23(10-13-26(54)55)33(63)46-19(28(39)58)9-12-25(52)53/h18-24H,2-17,37-38H2,1H3,(H2,39,58)(H,46,63)(H,47,59)(H,48,62)(H,49,61)(H,50,60)(H,51,64)(H,52,53)(H,54,55)(H,56,57)(H4,40,41,44)(H4,42,43,45)/t18-,19-,20-,21-,22-,23-,24-/m0/s1. The van der Waals surface area contributed by atoms with Gasteiger partial charge in [-0.05, 0) is 77.7 Å². The Labute approximate surface area is 368 Å². The third-order valence-corrected chi connectivity index (χ3v) is 9.10. The Kier molecular flexibility index (Phi) is 27.7. The van der Waals surface area contributed by atoms with Gasteiger partial charge in [0, 0.05) is 32.4 Å². The Morgan fingerprint density at radius 1 is 0.453 bits per heavy atom. The van der Waals surface area contributed by atoms with E-state index in [4.69, 9.17) is 44.6 Å². The van der Waals surface area contributed by atoms with Gasteiger partial charge >= 0.3 is 17.9 Å². The van der Waals surface area contributed by atoms with E-state index in [1.807, 2.05) is 0 Å². The molecule has 0 rings (SSSR count). The van der Waals surface area contributed by atoms with Crippen molar-refractivity contribution in [1.29, 1.82) is 10.8 Å². The molecule has 64 heavy (non-hydrogen) atoms. The van der Waals surface area contributed by atoms with Crippen molar-refractivity contribution >= 4 is 71.2 Å². The summed E-state index contributed by atoms with van der Waals surface area (Å²) in [6.45, 7) is 1.79. The van der Waals surface area contributed by atoms with Gasteiger partial charge < -0.3 is 86.5 Å². The smallest absolute Gasteiger partial charge is 0.303 e. The molecule has 7 amide bonds. The van der Waals surface area contributed by atoms with Crippen molar-refractivity contribution in [3.8, 4) is 0 Å². The predicted octanol–water partition coefficient (Wildman–Crippen LogP) is -6.02. The van der Waals surface area contributed by atoms with Crippen LogP contribution in [0.15, 0.2) is 0 Å². The second-order valence-electron chi connectivity index (χ2n) is 14.6. The van der Waals surface area contributed by atoms with Gasteiger partial charge in [-0.2, -0.15) is 0 Å². The normalized spacial score (nSPS) is 14.0. The summed E-state index contributed by atoms with van der Waals surface area (Å²) in [7, 11) is 0. The number of carbonyl (C=O) groups is 10. The van der Waals surface area contributed by atoms with Crippen molar-refractivity contribution in [2.45, 2.75) is 133 Å². The number of rotatable bonds is 34. The van der Waals surface area contributed by atoms with Crippen molar-refractivity contribution < 1.29 is 63.3 Å². The van der Waals surface area contributed by atoms with Crippen LogP contribution in [0, 0.1) is 10.8 Å². The second kappa shape index (κ2) is 31.1. The summed E-state index contributed by atoms with van der Waals surface area (Å²) in [6.07, 6.45) is -2.85. The third kappa shape index (κ3) is 25.8. The van der Waals surface area contributed by atoms with E-state index < -0.39 is 140 Å². The Balaban J connectivity index is 6.68. The van der Waals surface area contributed by atoms with Crippen LogP contribution in [0.1, 0.15) is 90.4 Å². The highest BCUT2D eigenvalue weighted by Crippen LogP contribution is 2.10. The molecular formula is C36H65N15O13. The molecule has 0 bridgehead atoms. The van der Waals surface area contributed by atoms with Gasteiger partial charge in [-0.25, -0.2) is 0 Å². The molecule has 0 fully saturated rings. The molecule has 0 aromatic carbocycles. The summed E-state index contributed by atoms with van der Waals surface area (Å²) in [5.74, 6) is -11.7. The van der Waals surface area contributed by atoms with Crippen LogP contribution in [0.25, 0.3) is 0 Å². The molecule has 23 N–H and O–H groups in total. The number of nitrogens with one attached hydrogen (secondary N) is 10. The number of carboxylic acids is 3. The first-order chi connectivity index (χ1) is 30.0. The number of hydrogen-bond acceptors (Lipinski definition) is 14. The van der Waals surface area contributed by atoms with Gasteiger partial charge in [0.2, 0.25) is 41.4 Å². The molecule has 0 aliphatic carbocycles. The van der Waals surface area contributed by atoms with E-state index in [-0.39, 0.29) is 70.1 Å². The second-order valence-corrected chi connectivity index (χ2v) is 14.6. The number of hydrogen-bond donors (Lipinski definition) is 18. The van der Waals surface area contributed by atoms with E-state index in [9.17, 15) is 58.2 Å². The minimum absolute atomic E-state index is 0.00396. The average molecular weight is 916 g/mol. The summed E-state index contributed by atoms with van der Waals surface area (Å²) < 4.78 is 0. The molecule has 28 heteroatoms. The summed E-state index contributed by atoms with van der Waals surface area (Å²) in [5.41, 5.74) is 27.3. The molecule has 0 aromatic rings. The lowest BCUT2D eigenvalue weighted by Crippen LogP contribution is -2.60. The SMILES string of the molecule is C[C@H](N)C(=O)N[C@@H](CCCNC(=N)N)C(=O)N[C@@H](CCCNC(=N)N)C(=O)N[C@@H](CCCCN)C(=O)N[C@@H](CCC(=O)O)C(=O)N[C@@H](CCC(=O)O)C(=O)N[C@@H](CCC(=O)O)C(N)=O. The Bertz CT molecular complexity index is 1650. The zero-order chi connectivity index (χ0) is 48.9. The number of primary amides is 1. The molecule has 0 aliphatic heterocycles. The first-order valence-electron chi connectivity index (χ1n) is 20.4. The van der Waals surface area contributed by atoms with Gasteiger partial charge in [0.05, 0.1) is 6.04 Å². The fraction of sp³-hybridized carbons (Fsp3) is 0.667. The van der Waals surface area contributed by atoms with Crippen LogP contribution >= 0.6 is 0 Å². The molecule has 7 atom stereocenters. The molecule has 0 unspecified atom stereocenters. The molecule has 28 nitrogen and oxygen atoms in total. The van der Waals surface area contributed by atoms with E-state index in [0.29, 0.717) is 6.42 Å². The maximum Gasteiger partial charge on any atom is 0.303 e. The van der Waals surface area contributed by atoms with E-state index in [0.717, 1.165) is 0 Å². The first kappa shape index (κ1) is 57.2. The lowest BCUT2D eigenvalue weighted by atomic mass is 10.0. The third-order valence-electron chi connectivity index (χ3n) is 9.10. The van der Waals surface area contributed by atoms with Crippen molar-refractivity contribution in [3.05, 3.63) is 0 Å². The zero-order valence-electron chi connectivity index (χ0n) is 35.7. The summed E-state index contributed by atoms with van der Waals surface area (Å²) >= 11 is 0. The largest absolute Gasteiger partial charge is 0.481 e. The zero-order valence-corrected chi connectivity index (χ0v) is 35.7. The molecule has 0 saturated heterocycles. The lowest BCUT2D eigenvalue weighted by molar-refractivity contribution is -0.140. The van der Waals surface area contributed by atoms with Gasteiger partial charge in [0.1, 0.15) is 36.3 Å². The van der Waals surface area contributed by atoms with E-state index >= 15 is 0 Å². The molecule has 0 saturated carbocycles. The fourth-order valence-electron chi connectivity index (χ4n) is 5.65. The highest BCUT2D eigenvalue weighted by Gasteiger charge is 2.34. The van der Waals surface area contributed by atoms with Crippen LogP contribution in [-0.4, -0.2) is 148 Å². The number of guanidine groups is 2. The number of carboxylic acid groups (broad SMARTS) is 3.